The summed E-state index contributed by atoms with van der Waals surface area (Å²) in [5, 5.41) is 12.3. The van der Waals surface area contributed by atoms with Crippen molar-refractivity contribution >= 4 is 5.97 Å². The van der Waals surface area contributed by atoms with Gasteiger partial charge < -0.3 is 9.84 Å². The van der Waals surface area contributed by atoms with Gasteiger partial charge in [-0.25, -0.2) is 0 Å². The van der Waals surface area contributed by atoms with Crippen LogP contribution in [0, 0.1) is 0 Å². The van der Waals surface area contributed by atoms with E-state index in [9.17, 15) is 4.79 Å². The Labute approximate surface area is 106 Å². The van der Waals surface area contributed by atoms with Crippen molar-refractivity contribution in [2.24, 2.45) is 0 Å². The number of carboxylic acid groups (broad SMARTS) is 1. The summed E-state index contributed by atoms with van der Waals surface area (Å²) in [5.74, 6) is 0.230. The van der Waals surface area contributed by atoms with Gasteiger partial charge in [-0.3, -0.25) is 10.1 Å². The third kappa shape index (κ3) is 2.08. The van der Waals surface area contributed by atoms with Crippen molar-refractivity contribution in [1.82, 2.24) is 5.32 Å². The van der Waals surface area contributed by atoms with Crippen LogP contribution in [-0.2, 0) is 11.2 Å². The molecule has 4 heteroatoms. The molecule has 0 aromatic heterocycles. The fourth-order valence-corrected chi connectivity index (χ4v) is 2.82. The Morgan fingerprint density at radius 3 is 3.11 bits per heavy atom. The number of hydrogen-bond donors (Lipinski definition) is 2. The molecule has 3 rings (SSSR count). The normalized spacial score (nSPS) is 26.4. The summed E-state index contributed by atoms with van der Waals surface area (Å²) in [6.07, 6.45) is 3.64. The number of carbonyl (C=O) groups is 1. The highest BCUT2D eigenvalue weighted by Gasteiger charge is 2.27. The predicted octanol–water partition coefficient (Wildman–Crippen LogP) is 1.89. The molecule has 0 bridgehead atoms. The van der Waals surface area contributed by atoms with Gasteiger partial charge in [-0.1, -0.05) is 12.1 Å². The lowest BCUT2D eigenvalue weighted by Gasteiger charge is -2.29. The minimum Gasteiger partial charge on any atom is -0.493 e. The molecule has 2 aliphatic rings. The van der Waals surface area contributed by atoms with Crippen molar-refractivity contribution in [3.05, 3.63) is 29.3 Å². The summed E-state index contributed by atoms with van der Waals surface area (Å²) in [4.78, 5) is 11.0. The second-order valence-electron chi connectivity index (χ2n) is 5.01. The molecular formula is C14H17NO3. The Balaban J connectivity index is 1.80. The molecule has 18 heavy (non-hydrogen) atoms. The lowest BCUT2D eigenvalue weighted by molar-refractivity contribution is -0.140. The van der Waals surface area contributed by atoms with Crippen LogP contribution in [0.5, 0.6) is 5.75 Å². The number of ether oxygens (including phenoxy) is 1. The van der Waals surface area contributed by atoms with Gasteiger partial charge in [-0.2, -0.15) is 0 Å². The summed E-state index contributed by atoms with van der Waals surface area (Å²) >= 11 is 0. The second kappa shape index (κ2) is 4.61. The molecule has 0 radical (unpaired) electrons. The molecule has 2 atom stereocenters. The van der Waals surface area contributed by atoms with E-state index in [1.807, 2.05) is 12.1 Å². The van der Waals surface area contributed by atoms with Gasteiger partial charge in [0.05, 0.1) is 6.61 Å². The maximum Gasteiger partial charge on any atom is 0.320 e. The number of benzene rings is 1. The van der Waals surface area contributed by atoms with E-state index in [-0.39, 0.29) is 6.04 Å². The number of carboxylic acids is 1. The molecule has 0 amide bonds. The quantitative estimate of drug-likeness (QED) is 0.838. The topological polar surface area (TPSA) is 58.6 Å². The van der Waals surface area contributed by atoms with Gasteiger partial charge in [0.15, 0.2) is 0 Å². The average Bonchev–Trinajstić information content (AvgIpc) is 2.86. The molecule has 1 saturated heterocycles. The first-order chi connectivity index (χ1) is 8.74. The van der Waals surface area contributed by atoms with Crippen molar-refractivity contribution in [2.75, 3.05) is 6.61 Å². The summed E-state index contributed by atoms with van der Waals surface area (Å²) in [6, 6.07) is 5.96. The number of nitrogens with one attached hydrogen (secondary N) is 1. The first kappa shape index (κ1) is 11.5. The van der Waals surface area contributed by atoms with E-state index in [1.54, 1.807) is 0 Å². The largest absolute Gasteiger partial charge is 0.493 e. The van der Waals surface area contributed by atoms with E-state index in [0.29, 0.717) is 0 Å². The van der Waals surface area contributed by atoms with E-state index < -0.39 is 12.0 Å². The second-order valence-corrected chi connectivity index (χ2v) is 5.01. The molecule has 0 saturated carbocycles. The van der Waals surface area contributed by atoms with Crippen LogP contribution >= 0.6 is 0 Å². The van der Waals surface area contributed by atoms with Crippen LogP contribution in [0.4, 0.5) is 0 Å². The Kier molecular flexibility index (Phi) is 2.96. The molecule has 2 unspecified atom stereocenters. The van der Waals surface area contributed by atoms with Crippen LogP contribution in [0.3, 0.4) is 0 Å². The van der Waals surface area contributed by atoms with Crippen LogP contribution in [0.25, 0.3) is 0 Å². The fraction of sp³-hybridized carbons (Fsp3) is 0.500. The smallest absolute Gasteiger partial charge is 0.320 e. The fourth-order valence-electron chi connectivity index (χ4n) is 2.82. The SMILES string of the molecule is O=C(O)C1CCCC(c2ccc3c(c2)CCO3)N1. The highest BCUT2D eigenvalue weighted by atomic mass is 16.5. The summed E-state index contributed by atoms with van der Waals surface area (Å²) in [6.45, 7) is 0.759. The van der Waals surface area contributed by atoms with Gasteiger partial charge in [0.25, 0.3) is 0 Å². The number of piperidine rings is 1. The maximum atomic E-state index is 11.0. The number of fused-ring (bicyclic) bond motifs is 1. The van der Waals surface area contributed by atoms with Gasteiger partial charge in [0.1, 0.15) is 11.8 Å². The Morgan fingerprint density at radius 1 is 1.39 bits per heavy atom. The zero-order valence-electron chi connectivity index (χ0n) is 10.2. The van der Waals surface area contributed by atoms with E-state index in [0.717, 1.165) is 38.0 Å². The monoisotopic (exact) mass is 247 g/mol. The zero-order valence-corrected chi connectivity index (χ0v) is 10.2. The molecule has 4 nitrogen and oxygen atoms in total. The third-order valence-corrected chi connectivity index (χ3v) is 3.80. The highest BCUT2D eigenvalue weighted by Crippen LogP contribution is 2.31. The predicted molar refractivity (Wildman–Crippen MR) is 66.8 cm³/mol. The first-order valence-corrected chi connectivity index (χ1v) is 6.48. The van der Waals surface area contributed by atoms with E-state index in [1.165, 1.54) is 11.1 Å². The molecule has 1 aromatic carbocycles. The zero-order chi connectivity index (χ0) is 12.5. The van der Waals surface area contributed by atoms with E-state index in [2.05, 4.69) is 11.4 Å². The molecule has 96 valence electrons. The Bertz CT molecular complexity index is 472. The average molecular weight is 247 g/mol. The van der Waals surface area contributed by atoms with Crippen molar-refractivity contribution in [3.63, 3.8) is 0 Å². The van der Waals surface area contributed by atoms with Gasteiger partial charge in [-0.05, 0) is 36.5 Å². The molecule has 2 heterocycles. The number of rotatable bonds is 2. The molecule has 1 aromatic rings. The minimum atomic E-state index is -0.746. The standard InChI is InChI=1S/C14H17NO3/c16-14(17)12-3-1-2-11(15-12)9-4-5-13-10(8-9)6-7-18-13/h4-5,8,11-12,15H,1-3,6-7H2,(H,16,17). The van der Waals surface area contributed by atoms with Crippen LogP contribution in [-0.4, -0.2) is 23.7 Å². The van der Waals surface area contributed by atoms with Crippen LogP contribution in [0.1, 0.15) is 36.4 Å². The Morgan fingerprint density at radius 2 is 2.28 bits per heavy atom. The Hall–Kier alpha value is -1.55. The van der Waals surface area contributed by atoms with Crippen molar-refractivity contribution in [3.8, 4) is 5.75 Å². The van der Waals surface area contributed by atoms with Crippen molar-refractivity contribution < 1.29 is 14.6 Å². The van der Waals surface area contributed by atoms with Crippen LogP contribution in [0.2, 0.25) is 0 Å². The molecular weight excluding hydrogens is 230 g/mol. The van der Waals surface area contributed by atoms with E-state index >= 15 is 0 Å². The van der Waals surface area contributed by atoms with Gasteiger partial charge in [-0.15, -0.1) is 0 Å². The molecule has 2 N–H and O–H groups in total. The van der Waals surface area contributed by atoms with Crippen molar-refractivity contribution in [1.29, 1.82) is 0 Å². The highest BCUT2D eigenvalue weighted by molar-refractivity contribution is 5.73. The first-order valence-electron chi connectivity index (χ1n) is 6.48. The third-order valence-electron chi connectivity index (χ3n) is 3.80. The van der Waals surface area contributed by atoms with Gasteiger partial charge in [0.2, 0.25) is 0 Å². The van der Waals surface area contributed by atoms with Crippen LogP contribution < -0.4 is 10.1 Å². The summed E-state index contributed by atoms with van der Waals surface area (Å²) in [7, 11) is 0. The maximum absolute atomic E-state index is 11.0. The summed E-state index contributed by atoms with van der Waals surface area (Å²) < 4.78 is 5.49. The summed E-state index contributed by atoms with van der Waals surface area (Å²) in [5.41, 5.74) is 2.43. The lowest BCUT2D eigenvalue weighted by Crippen LogP contribution is -2.42. The minimum absolute atomic E-state index is 0.158. The number of hydrogen-bond acceptors (Lipinski definition) is 3. The molecule has 0 spiro atoms. The van der Waals surface area contributed by atoms with E-state index in [4.69, 9.17) is 9.84 Å². The molecule has 2 aliphatic heterocycles. The van der Waals surface area contributed by atoms with Gasteiger partial charge >= 0.3 is 5.97 Å². The van der Waals surface area contributed by atoms with Crippen molar-refractivity contribution in [2.45, 2.75) is 37.8 Å². The lowest BCUT2D eigenvalue weighted by atomic mass is 9.92. The molecule has 0 aliphatic carbocycles. The molecule has 1 fully saturated rings. The van der Waals surface area contributed by atoms with Gasteiger partial charge in [0, 0.05) is 12.5 Å². The van der Waals surface area contributed by atoms with Crippen LogP contribution in [0.15, 0.2) is 18.2 Å². The number of aliphatic carboxylic acids is 1.